The van der Waals surface area contributed by atoms with Crippen LogP contribution in [0.2, 0.25) is 0 Å². The zero-order valence-corrected chi connectivity index (χ0v) is 10.8. The number of rotatable bonds is 5. The highest BCUT2D eigenvalue weighted by atomic mass is 16.5. The van der Waals surface area contributed by atoms with Crippen LogP contribution in [0.5, 0.6) is 0 Å². The zero-order valence-electron chi connectivity index (χ0n) is 10.8. The molecule has 1 aliphatic carbocycles. The van der Waals surface area contributed by atoms with Gasteiger partial charge in [-0.25, -0.2) is 0 Å². The predicted octanol–water partition coefficient (Wildman–Crippen LogP) is 2.47. The summed E-state index contributed by atoms with van der Waals surface area (Å²) in [6, 6.07) is 4.64. The molecule has 1 N–H and O–H groups in total. The third-order valence-corrected chi connectivity index (χ3v) is 3.14. The standard InChI is InChI=1S/C14H22N2O/c1-11(2)17-10-9-15-13-7-3-5-12-6-4-8-16-14(12)13/h4,6,8,11,13,15H,3,5,7,9-10H2,1-2H3. The number of fused-ring (bicyclic) bond motifs is 1. The van der Waals surface area contributed by atoms with Crippen molar-refractivity contribution in [1.29, 1.82) is 0 Å². The molecule has 1 unspecified atom stereocenters. The Hall–Kier alpha value is -0.930. The Labute approximate surface area is 104 Å². The van der Waals surface area contributed by atoms with Crippen molar-refractivity contribution in [2.75, 3.05) is 13.2 Å². The highest BCUT2D eigenvalue weighted by Gasteiger charge is 2.20. The second kappa shape index (κ2) is 6.12. The van der Waals surface area contributed by atoms with E-state index in [1.54, 1.807) is 0 Å². The zero-order chi connectivity index (χ0) is 12.1. The van der Waals surface area contributed by atoms with Crippen molar-refractivity contribution >= 4 is 0 Å². The van der Waals surface area contributed by atoms with Crippen molar-refractivity contribution in [3.8, 4) is 0 Å². The largest absolute Gasteiger partial charge is 0.377 e. The van der Waals surface area contributed by atoms with Crippen molar-refractivity contribution in [2.45, 2.75) is 45.3 Å². The maximum Gasteiger partial charge on any atom is 0.0605 e. The molecule has 1 aliphatic rings. The third-order valence-electron chi connectivity index (χ3n) is 3.14. The second-order valence-electron chi connectivity index (χ2n) is 4.87. The van der Waals surface area contributed by atoms with Gasteiger partial charge in [0.25, 0.3) is 0 Å². The Balaban J connectivity index is 1.86. The first-order chi connectivity index (χ1) is 8.27. The van der Waals surface area contributed by atoms with Gasteiger partial charge < -0.3 is 10.1 Å². The van der Waals surface area contributed by atoms with Crippen LogP contribution in [-0.2, 0) is 11.2 Å². The van der Waals surface area contributed by atoms with E-state index in [0.29, 0.717) is 12.1 Å². The lowest BCUT2D eigenvalue weighted by atomic mass is 9.92. The highest BCUT2D eigenvalue weighted by molar-refractivity contribution is 5.25. The van der Waals surface area contributed by atoms with Gasteiger partial charge in [-0.15, -0.1) is 0 Å². The molecule has 0 saturated carbocycles. The number of aromatic nitrogens is 1. The van der Waals surface area contributed by atoms with Crippen LogP contribution in [0.25, 0.3) is 0 Å². The molecule has 17 heavy (non-hydrogen) atoms. The van der Waals surface area contributed by atoms with Gasteiger partial charge in [-0.3, -0.25) is 4.98 Å². The quantitative estimate of drug-likeness (QED) is 0.795. The fraction of sp³-hybridized carbons (Fsp3) is 0.643. The molecule has 3 heteroatoms. The van der Waals surface area contributed by atoms with Crippen molar-refractivity contribution in [3.63, 3.8) is 0 Å². The topological polar surface area (TPSA) is 34.1 Å². The molecule has 0 amide bonds. The van der Waals surface area contributed by atoms with Crippen molar-refractivity contribution in [3.05, 3.63) is 29.6 Å². The Bertz CT molecular complexity index is 352. The third kappa shape index (κ3) is 3.51. The maximum absolute atomic E-state index is 5.54. The van der Waals surface area contributed by atoms with E-state index in [1.165, 1.54) is 30.5 Å². The van der Waals surface area contributed by atoms with E-state index in [1.807, 2.05) is 12.3 Å². The smallest absolute Gasteiger partial charge is 0.0605 e. The van der Waals surface area contributed by atoms with Crippen LogP contribution in [0.4, 0.5) is 0 Å². The van der Waals surface area contributed by atoms with Crippen LogP contribution in [0.15, 0.2) is 18.3 Å². The predicted molar refractivity (Wildman–Crippen MR) is 69.0 cm³/mol. The monoisotopic (exact) mass is 234 g/mol. The Kier molecular flexibility index (Phi) is 4.51. The molecule has 0 aliphatic heterocycles. The lowest BCUT2D eigenvalue weighted by Gasteiger charge is -2.25. The van der Waals surface area contributed by atoms with Gasteiger partial charge in [0.1, 0.15) is 0 Å². The summed E-state index contributed by atoms with van der Waals surface area (Å²) in [6.07, 6.45) is 5.81. The summed E-state index contributed by atoms with van der Waals surface area (Å²) in [5, 5.41) is 3.55. The number of hydrogen-bond acceptors (Lipinski definition) is 3. The molecule has 1 heterocycles. The number of nitrogens with one attached hydrogen (secondary N) is 1. The summed E-state index contributed by atoms with van der Waals surface area (Å²) >= 11 is 0. The molecule has 0 aromatic carbocycles. The molecule has 0 fully saturated rings. The van der Waals surface area contributed by atoms with Crippen LogP contribution >= 0.6 is 0 Å². The van der Waals surface area contributed by atoms with E-state index in [0.717, 1.165) is 13.2 Å². The van der Waals surface area contributed by atoms with E-state index >= 15 is 0 Å². The van der Waals surface area contributed by atoms with Gasteiger partial charge in [-0.05, 0) is 44.7 Å². The SMILES string of the molecule is CC(C)OCCNC1CCCc2cccnc21. The molecule has 0 saturated heterocycles. The molecule has 0 spiro atoms. The van der Waals surface area contributed by atoms with E-state index in [2.05, 4.69) is 30.2 Å². The Morgan fingerprint density at radius 2 is 2.41 bits per heavy atom. The van der Waals surface area contributed by atoms with Crippen molar-refractivity contribution in [2.24, 2.45) is 0 Å². The Morgan fingerprint density at radius 1 is 1.53 bits per heavy atom. The summed E-state index contributed by atoms with van der Waals surface area (Å²) in [6.45, 7) is 5.81. The van der Waals surface area contributed by atoms with Gasteiger partial charge in [-0.2, -0.15) is 0 Å². The van der Waals surface area contributed by atoms with Gasteiger partial charge in [0, 0.05) is 18.8 Å². The van der Waals surface area contributed by atoms with Crippen LogP contribution in [-0.4, -0.2) is 24.2 Å². The van der Waals surface area contributed by atoms with E-state index < -0.39 is 0 Å². The van der Waals surface area contributed by atoms with Crippen molar-refractivity contribution < 1.29 is 4.74 Å². The molecule has 1 aromatic rings. The molecule has 0 radical (unpaired) electrons. The van der Waals surface area contributed by atoms with Gasteiger partial charge in [0.05, 0.1) is 18.4 Å². The summed E-state index contributed by atoms with van der Waals surface area (Å²) in [5.41, 5.74) is 2.64. The average molecular weight is 234 g/mol. The molecule has 1 aromatic heterocycles. The molecule has 2 rings (SSSR count). The summed E-state index contributed by atoms with van der Waals surface area (Å²) < 4.78 is 5.54. The van der Waals surface area contributed by atoms with Crippen LogP contribution in [0.1, 0.15) is 44.0 Å². The second-order valence-corrected chi connectivity index (χ2v) is 4.87. The normalized spacial score (nSPS) is 19.4. The number of ether oxygens (including phenoxy) is 1. The maximum atomic E-state index is 5.54. The first-order valence-electron chi connectivity index (χ1n) is 6.56. The molecular formula is C14H22N2O. The van der Waals surface area contributed by atoms with Crippen molar-refractivity contribution in [1.82, 2.24) is 10.3 Å². The molecule has 3 nitrogen and oxygen atoms in total. The van der Waals surface area contributed by atoms with Gasteiger partial charge in [0.2, 0.25) is 0 Å². The Morgan fingerprint density at radius 3 is 3.24 bits per heavy atom. The number of aryl methyl sites for hydroxylation is 1. The van der Waals surface area contributed by atoms with Crippen LogP contribution in [0.3, 0.4) is 0 Å². The van der Waals surface area contributed by atoms with Crippen LogP contribution in [0, 0.1) is 0 Å². The van der Waals surface area contributed by atoms with E-state index in [-0.39, 0.29) is 0 Å². The first kappa shape index (κ1) is 12.5. The summed E-state index contributed by atoms with van der Waals surface area (Å²) in [4.78, 5) is 4.51. The van der Waals surface area contributed by atoms with E-state index in [9.17, 15) is 0 Å². The van der Waals surface area contributed by atoms with Gasteiger partial charge in [0.15, 0.2) is 0 Å². The molecular weight excluding hydrogens is 212 g/mol. The first-order valence-corrected chi connectivity index (χ1v) is 6.56. The lowest BCUT2D eigenvalue weighted by molar-refractivity contribution is 0.0789. The summed E-state index contributed by atoms with van der Waals surface area (Å²) in [5.74, 6) is 0. The fourth-order valence-corrected chi connectivity index (χ4v) is 2.34. The number of nitrogens with zero attached hydrogens (tertiary/aromatic N) is 1. The molecule has 94 valence electrons. The summed E-state index contributed by atoms with van der Waals surface area (Å²) in [7, 11) is 0. The molecule has 1 atom stereocenters. The minimum absolute atomic E-state index is 0.313. The highest BCUT2D eigenvalue weighted by Crippen LogP contribution is 2.27. The minimum atomic E-state index is 0.313. The van der Waals surface area contributed by atoms with Gasteiger partial charge in [-0.1, -0.05) is 6.07 Å². The molecule has 0 bridgehead atoms. The number of pyridine rings is 1. The minimum Gasteiger partial charge on any atom is -0.377 e. The van der Waals surface area contributed by atoms with E-state index in [4.69, 9.17) is 4.74 Å². The lowest BCUT2D eigenvalue weighted by Crippen LogP contribution is -2.29. The van der Waals surface area contributed by atoms with Gasteiger partial charge >= 0.3 is 0 Å². The fourth-order valence-electron chi connectivity index (χ4n) is 2.34. The van der Waals surface area contributed by atoms with Crippen LogP contribution < -0.4 is 5.32 Å². The average Bonchev–Trinajstić information content (AvgIpc) is 2.34. The number of hydrogen-bond donors (Lipinski definition) is 1.